The SMILES string of the molecule is c1ccc(-c2c3ccccc3c(-c3ccccc3)c3cc(-c4cccc(-n5c6ccccc6c6ccc(-c7cccc8c7oc7ccccc78)cc65)c4)ccc23)cc1. The van der Waals surface area contributed by atoms with Gasteiger partial charge in [0.2, 0.25) is 0 Å². The van der Waals surface area contributed by atoms with E-state index in [0.29, 0.717) is 0 Å². The quantitative estimate of drug-likeness (QED) is 0.161. The molecule has 270 valence electrons. The summed E-state index contributed by atoms with van der Waals surface area (Å²) in [5.74, 6) is 0. The molecule has 2 aromatic heterocycles. The third kappa shape index (κ3) is 4.99. The molecule has 2 nitrogen and oxygen atoms in total. The second-order valence-electron chi connectivity index (χ2n) is 15.2. The number of hydrogen-bond acceptors (Lipinski definition) is 1. The highest BCUT2D eigenvalue weighted by atomic mass is 16.3. The summed E-state index contributed by atoms with van der Waals surface area (Å²) in [6.07, 6.45) is 0. The van der Waals surface area contributed by atoms with Crippen LogP contribution < -0.4 is 0 Å². The number of benzene rings is 10. The lowest BCUT2D eigenvalue weighted by Crippen LogP contribution is -1.95. The molecule has 0 saturated heterocycles. The molecular weight excluding hydrogens is 703 g/mol. The summed E-state index contributed by atoms with van der Waals surface area (Å²) < 4.78 is 8.93. The summed E-state index contributed by atoms with van der Waals surface area (Å²) in [6.45, 7) is 0. The topological polar surface area (TPSA) is 18.1 Å². The Kier molecular flexibility index (Phi) is 7.26. The van der Waals surface area contributed by atoms with E-state index in [-0.39, 0.29) is 0 Å². The molecule has 2 heteroatoms. The van der Waals surface area contributed by atoms with Crippen LogP contribution in [-0.4, -0.2) is 4.57 Å². The van der Waals surface area contributed by atoms with Crippen molar-refractivity contribution in [3.63, 3.8) is 0 Å². The van der Waals surface area contributed by atoms with Crippen LogP contribution in [0, 0.1) is 0 Å². The van der Waals surface area contributed by atoms with Crippen LogP contribution in [0.4, 0.5) is 0 Å². The van der Waals surface area contributed by atoms with Crippen LogP contribution in [0.5, 0.6) is 0 Å². The minimum Gasteiger partial charge on any atom is -0.455 e. The van der Waals surface area contributed by atoms with E-state index in [4.69, 9.17) is 4.42 Å². The minimum absolute atomic E-state index is 0.908. The average Bonchev–Trinajstić information content (AvgIpc) is 3.84. The van der Waals surface area contributed by atoms with Crippen molar-refractivity contribution in [2.24, 2.45) is 0 Å². The summed E-state index contributed by atoms with van der Waals surface area (Å²) >= 11 is 0. The van der Waals surface area contributed by atoms with Gasteiger partial charge in [-0.2, -0.15) is 0 Å². The maximum atomic E-state index is 6.50. The predicted octanol–water partition coefficient (Wildman–Crippen LogP) is 15.7. The van der Waals surface area contributed by atoms with Crippen LogP contribution >= 0.6 is 0 Å². The molecule has 0 aliphatic rings. The Balaban J connectivity index is 1.07. The summed E-state index contributed by atoms with van der Waals surface area (Å²) in [5.41, 5.74) is 14.8. The van der Waals surface area contributed by atoms with E-state index >= 15 is 0 Å². The predicted molar refractivity (Wildman–Crippen MR) is 245 cm³/mol. The molecule has 0 aliphatic carbocycles. The van der Waals surface area contributed by atoms with Gasteiger partial charge in [-0.15, -0.1) is 0 Å². The Labute approximate surface area is 335 Å². The number of fused-ring (bicyclic) bond motifs is 8. The Hall–Kier alpha value is -7.68. The van der Waals surface area contributed by atoms with Crippen LogP contribution in [0.3, 0.4) is 0 Å². The fourth-order valence-corrected chi connectivity index (χ4v) is 9.40. The van der Waals surface area contributed by atoms with E-state index in [0.717, 1.165) is 44.3 Å². The normalized spacial score (nSPS) is 11.8. The number of aromatic nitrogens is 1. The van der Waals surface area contributed by atoms with Gasteiger partial charge in [0, 0.05) is 32.8 Å². The number of rotatable bonds is 5. The molecule has 0 amide bonds. The number of hydrogen-bond donors (Lipinski definition) is 0. The van der Waals surface area contributed by atoms with Gasteiger partial charge >= 0.3 is 0 Å². The van der Waals surface area contributed by atoms with Crippen molar-refractivity contribution < 1.29 is 4.42 Å². The van der Waals surface area contributed by atoms with Gasteiger partial charge in [0.25, 0.3) is 0 Å². The largest absolute Gasteiger partial charge is 0.455 e. The highest BCUT2D eigenvalue weighted by molar-refractivity contribution is 6.22. The zero-order chi connectivity index (χ0) is 38.2. The van der Waals surface area contributed by atoms with Gasteiger partial charge in [-0.05, 0) is 96.9 Å². The van der Waals surface area contributed by atoms with E-state index < -0.39 is 0 Å². The van der Waals surface area contributed by atoms with Crippen molar-refractivity contribution in [2.75, 3.05) is 0 Å². The van der Waals surface area contributed by atoms with E-state index in [1.54, 1.807) is 0 Å². The third-order valence-corrected chi connectivity index (χ3v) is 12.0. The Morgan fingerprint density at radius 2 is 0.828 bits per heavy atom. The number of furan rings is 1. The molecule has 0 aliphatic heterocycles. The summed E-state index contributed by atoms with van der Waals surface area (Å²) in [5, 5.41) is 9.74. The van der Waals surface area contributed by atoms with Crippen molar-refractivity contribution in [3.05, 3.63) is 212 Å². The van der Waals surface area contributed by atoms with Crippen LogP contribution in [0.25, 0.3) is 115 Å². The fourth-order valence-electron chi connectivity index (χ4n) is 9.40. The molecule has 0 radical (unpaired) electrons. The zero-order valence-corrected chi connectivity index (χ0v) is 31.6. The van der Waals surface area contributed by atoms with E-state index in [9.17, 15) is 0 Å². The molecule has 0 fully saturated rings. The summed E-state index contributed by atoms with van der Waals surface area (Å²) in [7, 11) is 0. The third-order valence-electron chi connectivity index (χ3n) is 12.0. The second kappa shape index (κ2) is 12.9. The first-order chi connectivity index (χ1) is 28.8. The lowest BCUT2D eigenvalue weighted by atomic mass is 9.85. The molecule has 0 saturated carbocycles. The van der Waals surface area contributed by atoms with Crippen molar-refractivity contribution in [1.82, 2.24) is 4.57 Å². The van der Waals surface area contributed by atoms with Crippen LogP contribution in [0.15, 0.2) is 217 Å². The smallest absolute Gasteiger partial charge is 0.143 e. The van der Waals surface area contributed by atoms with E-state index in [2.05, 4.69) is 211 Å². The maximum Gasteiger partial charge on any atom is 0.143 e. The molecular formula is C56H35NO. The van der Waals surface area contributed by atoms with Gasteiger partial charge in [-0.3, -0.25) is 0 Å². The van der Waals surface area contributed by atoms with Gasteiger partial charge in [-0.1, -0.05) is 176 Å². The van der Waals surface area contributed by atoms with Crippen LogP contribution in [0.2, 0.25) is 0 Å². The Morgan fingerprint density at radius 1 is 0.293 bits per heavy atom. The van der Waals surface area contributed by atoms with Gasteiger partial charge in [0.1, 0.15) is 11.2 Å². The first-order valence-corrected chi connectivity index (χ1v) is 19.9. The van der Waals surface area contributed by atoms with Gasteiger partial charge < -0.3 is 8.98 Å². The summed E-state index contributed by atoms with van der Waals surface area (Å²) in [4.78, 5) is 0. The highest BCUT2D eigenvalue weighted by Gasteiger charge is 2.19. The first-order valence-electron chi connectivity index (χ1n) is 19.9. The molecule has 12 rings (SSSR count). The van der Waals surface area contributed by atoms with Crippen molar-refractivity contribution >= 4 is 65.3 Å². The first kappa shape index (κ1) is 32.6. The van der Waals surface area contributed by atoms with Gasteiger partial charge in [-0.25, -0.2) is 0 Å². The zero-order valence-electron chi connectivity index (χ0n) is 31.6. The Bertz CT molecular complexity index is 3550. The van der Waals surface area contributed by atoms with Gasteiger partial charge in [0.05, 0.1) is 11.0 Å². The van der Waals surface area contributed by atoms with Crippen LogP contribution in [-0.2, 0) is 0 Å². The summed E-state index contributed by atoms with van der Waals surface area (Å²) in [6, 6.07) is 77.0. The molecule has 12 aromatic rings. The van der Waals surface area contributed by atoms with E-state index in [1.165, 1.54) is 71.2 Å². The van der Waals surface area contributed by atoms with Crippen molar-refractivity contribution in [1.29, 1.82) is 0 Å². The van der Waals surface area contributed by atoms with Crippen LogP contribution in [0.1, 0.15) is 0 Å². The fraction of sp³-hybridized carbons (Fsp3) is 0. The molecule has 0 N–H and O–H groups in total. The number of para-hydroxylation sites is 3. The van der Waals surface area contributed by atoms with Crippen molar-refractivity contribution in [3.8, 4) is 50.2 Å². The Morgan fingerprint density at radius 3 is 1.60 bits per heavy atom. The minimum atomic E-state index is 0.908. The highest BCUT2D eigenvalue weighted by Crippen LogP contribution is 2.45. The maximum absolute atomic E-state index is 6.50. The second-order valence-corrected chi connectivity index (χ2v) is 15.2. The lowest BCUT2D eigenvalue weighted by molar-refractivity contribution is 0.670. The molecule has 0 atom stereocenters. The molecule has 0 bridgehead atoms. The monoisotopic (exact) mass is 737 g/mol. The average molecular weight is 738 g/mol. The number of nitrogens with zero attached hydrogens (tertiary/aromatic N) is 1. The molecule has 0 unspecified atom stereocenters. The molecule has 58 heavy (non-hydrogen) atoms. The van der Waals surface area contributed by atoms with Crippen molar-refractivity contribution in [2.45, 2.75) is 0 Å². The molecule has 2 heterocycles. The standard InChI is InChI=1S/C56H35NO/c1-3-15-36(16-4-1)54-46-23-7-8-24-47(46)55(37-17-5-2-6-18-37)50-34-39(29-32-48(50)54)38-19-13-20-41(33-38)57-51-27-11-9-21-43(51)44-31-30-40(35-52(44)57)42-25-14-26-49-45-22-10-12-28-53(45)58-56(42)49/h1-35H. The molecule has 10 aromatic carbocycles. The van der Waals surface area contributed by atoms with E-state index in [1.807, 2.05) is 6.07 Å². The van der Waals surface area contributed by atoms with Gasteiger partial charge in [0.15, 0.2) is 0 Å². The molecule has 0 spiro atoms. The lowest BCUT2D eigenvalue weighted by Gasteiger charge is -2.19.